The molecule has 2 fully saturated rings. The Morgan fingerprint density at radius 1 is 1.33 bits per heavy atom. The van der Waals surface area contributed by atoms with Crippen molar-refractivity contribution in [2.24, 2.45) is 0 Å². The Bertz CT molecular complexity index is 268. The van der Waals surface area contributed by atoms with Crippen LogP contribution in [0.5, 0.6) is 0 Å². The van der Waals surface area contributed by atoms with Gasteiger partial charge in [0.2, 0.25) is 0 Å². The average molecular weight is 191 g/mol. The Kier molecular flexibility index (Phi) is 1.89. The van der Waals surface area contributed by atoms with Gasteiger partial charge in [-0.1, -0.05) is 0 Å². The van der Waals surface area contributed by atoms with Gasteiger partial charge in [-0.25, -0.2) is 8.42 Å². The van der Waals surface area contributed by atoms with Crippen LogP contribution in [0.2, 0.25) is 0 Å². The number of nitrogens with zero attached hydrogens (tertiary/aromatic N) is 1. The third-order valence-corrected chi connectivity index (χ3v) is 4.37. The highest BCUT2D eigenvalue weighted by Crippen LogP contribution is 2.22. The Balaban J connectivity index is 1.93. The van der Waals surface area contributed by atoms with E-state index in [-0.39, 0.29) is 12.1 Å². The van der Waals surface area contributed by atoms with Crippen molar-refractivity contribution in [3.63, 3.8) is 0 Å². The monoisotopic (exact) mass is 191 g/mol. The van der Waals surface area contributed by atoms with Gasteiger partial charge < -0.3 is 5.11 Å². The molecule has 2 heterocycles. The van der Waals surface area contributed by atoms with Gasteiger partial charge in [-0.3, -0.25) is 4.90 Å². The summed E-state index contributed by atoms with van der Waals surface area (Å²) in [5.74, 6) is 0.615. The van der Waals surface area contributed by atoms with Crippen molar-refractivity contribution in [2.75, 3.05) is 24.6 Å². The van der Waals surface area contributed by atoms with E-state index < -0.39 is 9.84 Å². The molecule has 0 aromatic rings. The Morgan fingerprint density at radius 2 is 2.00 bits per heavy atom. The number of aliphatic hydroxyl groups is 1. The number of aliphatic hydroxyl groups excluding tert-OH is 1. The standard InChI is InChI=1S/C7H13NO3S/c9-7-3-8(4-7)6-1-2-12(10,11)5-6/h6-7,9H,1-5H2. The van der Waals surface area contributed by atoms with Crippen LogP contribution in [0.15, 0.2) is 0 Å². The van der Waals surface area contributed by atoms with Crippen molar-refractivity contribution >= 4 is 9.84 Å². The molecule has 2 aliphatic rings. The normalized spacial score (nSPS) is 36.6. The number of hydrogen-bond acceptors (Lipinski definition) is 4. The molecule has 0 aliphatic carbocycles. The van der Waals surface area contributed by atoms with Gasteiger partial charge in [0.25, 0.3) is 0 Å². The van der Waals surface area contributed by atoms with Gasteiger partial charge in [-0.15, -0.1) is 0 Å². The van der Waals surface area contributed by atoms with E-state index in [1.165, 1.54) is 0 Å². The van der Waals surface area contributed by atoms with E-state index in [9.17, 15) is 8.42 Å². The van der Waals surface area contributed by atoms with Crippen LogP contribution in [0.1, 0.15) is 6.42 Å². The van der Waals surface area contributed by atoms with Gasteiger partial charge in [-0.05, 0) is 6.42 Å². The highest BCUT2D eigenvalue weighted by Gasteiger charge is 2.37. The van der Waals surface area contributed by atoms with E-state index in [1.807, 2.05) is 0 Å². The first-order valence-corrected chi connectivity index (χ1v) is 6.01. The van der Waals surface area contributed by atoms with Crippen LogP contribution in [0.3, 0.4) is 0 Å². The third-order valence-electron chi connectivity index (χ3n) is 2.62. The molecule has 4 nitrogen and oxygen atoms in total. The average Bonchev–Trinajstić information content (AvgIpc) is 2.23. The Labute approximate surface area is 72.1 Å². The smallest absolute Gasteiger partial charge is 0.151 e. The largest absolute Gasteiger partial charge is 0.390 e. The van der Waals surface area contributed by atoms with Crippen molar-refractivity contribution in [1.82, 2.24) is 4.90 Å². The van der Waals surface area contributed by atoms with Crippen molar-refractivity contribution in [3.05, 3.63) is 0 Å². The molecule has 2 saturated heterocycles. The summed E-state index contributed by atoms with van der Waals surface area (Å²) in [5, 5.41) is 9.02. The molecular weight excluding hydrogens is 178 g/mol. The SMILES string of the molecule is O=S1(=O)CCC(N2CC(O)C2)C1. The van der Waals surface area contributed by atoms with Crippen LogP contribution in [-0.2, 0) is 9.84 Å². The van der Waals surface area contributed by atoms with Gasteiger partial charge in [0.1, 0.15) is 0 Å². The number of hydrogen-bond donors (Lipinski definition) is 1. The van der Waals surface area contributed by atoms with E-state index in [2.05, 4.69) is 4.90 Å². The van der Waals surface area contributed by atoms with E-state index in [0.29, 0.717) is 24.6 Å². The molecule has 1 atom stereocenters. The zero-order valence-electron chi connectivity index (χ0n) is 6.81. The summed E-state index contributed by atoms with van der Waals surface area (Å²) < 4.78 is 22.2. The third kappa shape index (κ3) is 1.48. The summed E-state index contributed by atoms with van der Waals surface area (Å²) in [6, 6.07) is 0.179. The predicted molar refractivity (Wildman–Crippen MR) is 44.6 cm³/mol. The molecule has 70 valence electrons. The van der Waals surface area contributed by atoms with Crippen LogP contribution >= 0.6 is 0 Å². The van der Waals surface area contributed by atoms with Gasteiger partial charge in [0, 0.05) is 19.1 Å². The molecule has 0 aromatic carbocycles. The second-order valence-electron chi connectivity index (χ2n) is 3.66. The molecule has 0 spiro atoms. The Morgan fingerprint density at radius 3 is 2.42 bits per heavy atom. The maximum atomic E-state index is 11.1. The topological polar surface area (TPSA) is 57.6 Å². The fraction of sp³-hybridized carbons (Fsp3) is 1.00. The minimum absolute atomic E-state index is 0.179. The van der Waals surface area contributed by atoms with Crippen molar-refractivity contribution in [2.45, 2.75) is 18.6 Å². The first-order chi connectivity index (χ1) is 5.57. The maximum Gasteiger partial charge on any atom is 0.151 e. The minimum atomic E-state index is -2.76. The first kappa shape index (κ1) is 8.47. The van der Waals surface area contributed by atoms with Crippen LogP contribution in [0.4, 0.5) is 0 Å². The first-order valence-electron chi connectivity index (χ1n) is 4.19. The molecule has 12 heavy (non-hydrogen) atoms. The van der Waals surface area contributed by atoms with Gasteiger partial charge in [0.15, 0.2) is 9.84 Å². The van der Waals surface area contributed by atoms with Crippen LogP contribution in [-0.4, -0.2) is 55.2 Å². The van der Waals surface area contributed by atoms with E-state index >= 15 is 0 Å². The molecule has 0 aromatic heterocycles. The zero-order valence-corrected chi connectivity index (χ0v) is 7.63. The quantitative estimate of drug-likeness (QED) is 0.568. The lowest BCUT2D eigenvalue weighted by atomic mass is 10.1. The second kappa shape index (κ2) is 2.68. The maximum absolute atomic E-state index is 11.1. The molecule has 0 saturated carbocycles. The zero-order chi connectivity index (χ0) is 8.77. The highest BCUT2D eigenvalue weighted by atomic mass is 32.2. The van der Waals surface area contributed by atoms with Crippen LogP contribution in [0.25, 0.3) is 0 Å². The summed E-state index contributed by atoms with van der Waals surface area (Å²) in [4.78, 5) is 2.05. The molecule has 5 heteroatoms. The molecular formula is C7H13NO3S. The van der Waals surface area contributed by atoms with Gasteiger partial charge >= 0.3 is 0 Å². The number of rotatable bonds is 1. The lowest BCUT2D eigenvalue weighted by molar-refractivity contribution is -0.0185. The van der Waals surface area contributed by atoms with Gasteiger partial charge in [0.05, 0.1) is 17.6 Å². The van der Waals surface area contributed by atoms with Crippen LogP contribution < -0.4 is 0 Å². The summed E-state index contributed by atoms with van der Waals surface area (Å²) in [7, 11) is -2.76. The number of sulfone groups is 1. The van der Waals surface area contributed by atoms with E-state index in [4.69, 9.17) is 5.11 Å². The molecule has 2 aliphatic heterocycles. The molecule has 0 radical (unpaired) electrons. The molecule has 1 N–H and O–H groups in total. The van der Waals surface area contributed by atoms with Crippen molar-refractivity contribution < 1.29 is 13.5 Å². The van der Waals surface area contributed by atoms with E-state index in [1.54, 1.807) is 0 Å². The van der Waals surface area contributed by atoms with Crippen molar-refractivity contribution in [1.29, 1.82) is 0 Å². The molecule has 2 rings (SSSR count). The lowest BCUT2D eigenvalue weighted by Gasteiger charge is -2.39. The number of likely N-dealkylation sites (tertiary alicyclic amines) is 1. The summed E-state index contributed by atoms with van der Waals surface area (Å²) in [6.07, 6.45) is 0.517. The number of β-amino-alcohol motifs (C(OH)–C–C–N with tert-alkyl or cyclic N) is 1. The molecule has 1 unspecified atom stereocenters. The minimum Gasteiger partial charge on any atom is -0.390 e. The Hall–Kier alpha value is -0.130. The predicted octanol–water partition coefficient (Wildman–Crippen LogP) is -1.15. The lowest BCUT2D eigenvalue weighted by Crippen LogP contribution is -2.55. The van der Waals surface area contributed by atoms with Crippen LogP contribution in [0, 0.1) is 0 Å². The molecule has 0 amide bonds. The molecule has 0 bridgehead atoms. The highest BCUT2D eigenvalue weighted by molar-refractivity contribution is 7.91. The van der Waals surface area contributed by atoms with Gasteiger partial charge in [-0.2, -0.15) is 0 Å². The fourth-order valence-corrected chi connectivity index (χ4v) is 3.61. The van der Waals surface area contributed by atoms with Crippen molar-refractivity contribution in [3.8, 4) is 0 Å². The summed E-state index contributed by atoms with van der Waals surface area (Å²) in [5.41, 5.74) is 0. The fourth-order valence-electron chi connectivity index (χ4n) is 1.85. The second-order valence-corrected chi connectivity index (χ2v) is 5.89. The summed E-state index contributed by atoms with van der Waals surface area (Å²) >= 11 is 0. The van der Waals surface area contributed by atoms with E-state index in [0.717, 1.165) is 6.42 Å². The summed E-state index contributed by atoms with van der Waals surface area (Å²) in [6.45, 7) is 1.31.